The van der Waals surface area contributed by atoms with Gasteiger partial charge in [-0.25, -0.2) is 0 Å². The molecule has 1 aromatic heterocycles. The Morgan fingerprint density at radius 2 is 1.66 bits per heavy atom. The Kier molecular flexibility index (Phi) is 10.6. The van der Waals surface area contributed by atoms with Crippen molar-refractivity contribution >= 4 is 41.4 Å². The predicted molar refractivity (Wildman–Crippen MR) is 142 cm³/mol. The largest absolute Gasteiger partial charge is 0.384 e. The van der Waals surface area contributed by atoms with E-state index < -0.39 is 6.04 Å². The molecule has 0 aliphatic rings. The zero-order valence-electron chi connectivity index (χ0n) is 19.1. The van der Waals surface area contributed by atoms with E-state index in [9.17, 15) is 9.59 Å². The van der Waals surface area contributed by atoms with Crippen LogP contribution in [0.25, 0.3) is 0 Å². The maximum absolute atomic E-state index is 12.9. The van der Waals surface area contributed by atoms with Gasteiger partial charge < -0.3 is 16.4 Å². The van der Waals surface area contributed by atoms with E-state index in [1.807, 2.05) is 42.5 Å². The molecule has 0 bridgehead atoms. The number of thioether (sulfide) groups is 1. The van der Waals surface area contributed by atoms with Crippen LogP contribution in [0.3, 0.4) is 0 Å². The van der Waals surface area contributed by atoms with Crippen LogP contribution in [0.4, 0.5) is 0 Å². The lowest BCUT2D eigenvalue weighted by atomic mass is 10.1. The smallest absolute Gasteiger partial charge is 0.239 e. The van der Waals surface area contributed by atoms with Gasteiger partial charge in [-0.05, 0) is 23.3 Å². The lowest BCUT2D eigenvalue weighted by Crippen LogP contribution is -2.46. The number of amides is 2. The molecule has 6 N–H and O–H groups in total. The van der Waals surface area contributed by atoms with E-state index in [4.69, 9.17) is 11.1 Å². The SMILES string of the molecule is N=C(N)c1ccc(CNC(=O)CNC(=O)C(CSc2ccncc2)NSCc2ccccc2)cc1. The van der Waals surface area contributed by atoms with Crippen LogP contribution in [-0.4, -0.2) is 41.0 Å². The second kappa shape index (κ2) is 14.1. The van der Waals surface area contributed by atoms with Gasteiger partial charge in [-0.2, -0.15) is 0 Å². The molecule has 0 saturated heterocycles. The van der Waals surface area contributed by atoms with Crippen LogP contribution in [0, 0.1) is 5.41 Å². The first-order chi connectivity index (χ1) is 17.0. The number of hydrogen-bond donors (Lipinski definition) is 5. The first kappa shape index (κ1) is 26.3. The number of carbonyl (C=O) groups is 2. The summed E-state index contributed by atoms with van der Waals surface area (Å²) in [4.78, 5) is 30.2. The first-order valence-corrected chi connectivity index (χ1v) is 12.9. The van der Waals surface area contributed by atoms with E-state index in [0.29, 0.717) is 23.6 Å². The number of rotatable bonds is 13. The van der Waals surface area contributed by atoms with E-state index in [1.165, 1.54) is 11.9 Å². The summed E-state index contributed by atoms with van der Waals surface area (Å²) in [6, 6.07) is 20.4. The highest BCUT2D eigenvalue weighted by atomic mass is 32.2. The minimum absolute atomic E-state index is 0.00418. The second-order valence-corrected chi connectivity index (χ2v) is 9.45. The van der Waals surface area contributed by atoms with Gasteiger partial charge in [0.2, 0.25) is 11.8 Å². The molecular weight excluding hydrogens is 480 g/mol. The topological polar surface area (TPSA) is 133 Å². The second-order valence-electron chi connectivity index (χ2n) is 7.54. The minimum Gasteiger partial charge on any atom is -0.384 e. The molecule has 2 aromatic carbocycles. The Balaban J connectivity index is 1.48. The van der Waals surface area contributed by atoms with Gasteiger partial charge in [0.15, 0.2) is 0 Å². The quantitative estimate of drug-likeness (QED) is 0.104. The summed E-state index contributed by atoms with van der Waals surface area (Å²) in [6.07, 6.45) is 3.43. The monoisotopic (exact) mass is 508 g/mol. The molecule has 0 saturated carbocycles. The number of nitrogens with two attached hydrogens (primary N) is 1. The van der Waals surface area contributed by atoms with E-state index in [-0.39, 0.29) is 24.2 Å². The fraction of sp³-hybridized carbons (Fsp3) is 0.200. The summed E-state index contributed by atoms with van der Waals surface area (Å²) in [5.74, 6) is 0.685. The van der Waals surface area contributed by atoms with Gasteiger partial charge in [-0.15, -0.1) is 11.8 Å². The molecule has 3 rings (SSSR count). The maximum atomic E-state index is 12.9. The minimum atomic E-state index is -0.492. The van der Waals surface area contributed by atoms with E-state index >= 15 is 0 Å². The van der Waals surface area contributed by atoms with Crippen molar-refractivity contribution in [3.8, 4) is 0 Å². The van der Waals surface area contributed by atoms with Crippen molar-refractivity contribution in [2.24, 2.45) is 5.73 Å². The Morgan fingerprint density at radius 3 is 2.34 bits per heavy atom. The summed E-state index contributed by atoms with van der Waals surface area (Å²) in [5.41, 5.74) is 8.11. The molecule has 0 radical (unpaired) electrons. The molecule has 1 atom stereocenters. The van der Waals surface area contributed by atoms with Crippen LogP contribution < -0.4 is 21.1 Å². The molecule has 1 heterocycles. The maximum Gasteiger partial charge on any atom is 0.239 e. The lowest BCUT2D eigenvalue weighted by Gasteiger charge is -2.18. The number of carbonyl (C=O) groups excluding carboxylic acids is 2. The van der Waals surface area contributed by atoms with Gasteiger partial charge in [0, 0.05) is 40.9 Å². The fourth-order valence-electron chi connectivity index (χ4n) is 2.93. The third-order valence-corrected chi connectivity index (χ3v) is 6.90. The summed E-state index contributed by atoms with van der Waals surface area (Å²) >= 11 is 3.01. The average molecular weight is 509 g/mol. The Morgan fingerprint density at radius 1 is 0.943 bits per heavy atom. The zero-order valence-corrected chi connectivity index (χ0v) is 20.7. The van der Waals surface area contributed by atoms with Crippen molar-refractivity contribution in [3.63, 3.8) is 0 Å². The summed E-state index contributed by atoms with van der Waals surface area (Å²) in [7, 11) is 0. The number of amidine groups is 1. The summed E-state index contributed by atoms with van der Waals surface area (Å²) in [5, 5.41) is 12.9. The zero-order chi connectivity index (χ0) is 24.9. The number of aromatic nitrogens is 1. The summed E-state index contributed by atoms with van der Waals surface area (Å²) in [6.45, 7) is 0.200. The number of nitrogen functional groups attached to an aromatic ring is 1. The van der Waals surface area contributed by atoms with Crippen LogP contribution in [0.2, 0.25) is 0 Å². The molecule has 182 valence electrons. The molecule has 8 nitrogen and oxygen atoms in total. The van der Waals surface area contributed by atoms with Gasteiger partial charge in [-0.3, -0.25) is 24.7 Å². The normalized spacial score (nSPS) is 11.4. The average Bonchev–Trinajstić information content (AvgIpc) is 2.89. The van der Waals surface area contributed by atoms with Gasteiger partial charge in [0.05, 0.1) is 6.54 Å². The van der Waals surface area contributed by atoms with E-state index in [0.717, 1.165) is 16.0 Å². The number of nitrogens with one attached hydrogen (secondary N) is 4. The van der Waals surface area contributed by atoms with Gasteiger partial charge in [0.25, 0.3) is 0 Å². The predicted octanol–water partition coefficient (Wildman–Crippen LogP) is 2.70. The van der Waals surface area contributed by atoms with Gasteiger partial charge in [-0.1, -0.05) is 66.5 Å². The third kappa shape index (κ3) is 9.44. The number of pyridine rings is 1. The lowest BCUT2D eigenvalue weighted by molar-refractivity contribution is -0.126. The van der Waals surface area contributed by atoms with Crippen molar-refractivity contribution < 1.29 is 9.59 Å². The molecule has 0 aliphatic heterocycles. The van der Waals surface area contributed by atoms with Crippen LogP contribution >= 0.6 is 23.7 Å². The van der Waals surface area contributed by atoms with Gasteiger partial charge >= 0.3 is 0 Å². The summed E-state index contributed by atoms with van der Waals surface area (Å²) < 4.78 is 3.24. The Labute approximate surface area is 213 Å². The van der Waals surface area contributed by atoms with Crippen molar-refractivity contribution in [2.75, 3.05) is 12.3 Å². The highest BCUT2D eigenvalue weighted by Gasteiger charge is 2.19. The number of benzene rings is 2. The molecule has 0 fully saturated rings. The standard InChI is InChI=1S/C25H28N6O2S2/c26-24(27)20-8-6-18(7-9-20)14-29-23(32)15-30-25(33)22(17-34-21-10-12-28-13-11-21)31-35-16-19-4-2-1-3-5-19/h1-13,22,31H,14-17H2,(H3,26,27)(H,29,32)(H,30,33). The third-order valence-electron chi connectivity index (χ3n) is 4.87. The molecule has 0 spiro atoms. The van der Waals surface area contributed by atoms with Crippen LogP contribution in [0.15, 0.2) is 84.0 Å². The van der Waals surface area contributed by atoms with Crippen LogP contribution in [-0.2, 0) is 21.9 Å². The molecule has 1 unspecified atom stereocenters. The molecule has 35 heavy (non-hydrogen) atoms. The molecular formula is C25H28N6O2S2. The van der Waals surface area contributed by atoms with Crippen molar-refractivity contribution in [3.05, 3.63) is 95.8 Å². The highest BCUT2D eigenvalue weighted by Crippen LogP contribution is 2.19. The van der Waals surface area contributed by atoms with E-state index in [1.54, 1.807) is 48.4 Å². The number of nitrogens with zero attached hydrogens (tertiary/aromatic N) is 1. The molecule has 2 amide bonds. The van der Waals surface area contributed by atoms with Gasteiger partial charge in [0.1, 0.15) is 11.9 Å². The van der Waals surface area contributed by atoms with E-state index in [2.05, 4.69) is 20.3 Å². The first-order valence-electron chi connectivity index (χ1n) is 10.9. The molecule has 3 aromatic rings. The Hall–Kier alpha value is -3.34. The van der Waals surface area contributed by atoms with Crippen molar-refractivity contribution in [1.29, 1.82) is 5.41 Å². The molecule has 0 aliphatic carbocycles. The highest BCUT2D eigenvalue weighted by molar-refractivity contribution is 7.99. The van der Waals surface area contributed by atoms with Crippen molar-refractivity contribution in [1.82, 2.24) is 20.3 Å². The number of hydrogen-bond acceptors (Lipinski definition) is 7. The molecule has 10 heteroatoms. The Bertz CT molecular complexity index is 1100. The fourth-order valence-corrected chi connectivity index (χ4v) is 4.78. The van der Waals surface area contributed by atoms with Crippen LogP contribution in [0.1, 0.15) is 16.7 Å². The van der Waals surface area contributed by atoms with Crippen LogP contribution in [0.5, 0.6) is 0 Å². The van der Waals surface area contributed by atoms with Crippen molar-refractivity contribution in [2.45, 2.75) is 23.2 Å².